The first-order chi connectivity index (χ1) is 15.3. The lowest BCUT2D eigenvalue weighted by Gasteiger charge is -2.40. The van der Waals surface area contributed by atoms with Gasteiger partial charge >= 0.3 is 0 Å². The molecule has 1 heterocycles. The number of hydrogen-bond acceptors (Lipinski definition) is 2. The lowest BCUT2D eigenvalue weighted by atomic mass is 9.69. The number of ether oxygens (including phenoxy) is 1. The predicted octanol–water partition coefficient (Wildman–Crippen LogP) is 6.93. The van der Waals surface area contributed by atoms with Gasteiger partial charge in [0.25, 0.3) is 0 Å². The van der Waals surface area contributed by atoms with Crippen molar-refractivity contribution in [2.75, 3.05) is 7.11 Å². The second-order valence-corrected chi connectivity index (χ2v) is 10.4. The summed E-state index contributed by atoms with van der Waals surface area (Å²) in [6, 6.07) is 15.0. The number of halogens is 1. The van der Waals surface area contributed by atoms with Gasteiger partial charge in [0.2, 0.25) is 0 Å². The number of methoxy groups -OCH3 is 1. The number of H-pyrrole nitrogens is 1. The zero-order valence-electron chi connectivity index (χ0n) is 19.6. The van der Waals surface area contributed by atoms with E-state index in [2.05, 4.69) is 37.0 Å². The van der Waals surface area contributed by atoms with Crippen LogP contribution < -0.4 is 4.74 Å². The van der Waals surface area contributed by atoms with Crippen molar-refractivity contribution in [3.8, 4) is 5.75 Å². The van der Waals surface area contributed by atoms with Crippen LogP contribution in [-0.4, -0.2) is 22.8 Å². The van der Waals surface area contributed by atoms with E-state index in [1.807, 2.05) is 12.1 Å². The Bertz CT molecular complexity index is 1020. The largest absolute Gasteiger partial charge is 0.496 e. The molecule has 1 unspecified atom stereocenters. The van der Waals surface area contributed by atoms with Gasteiger partial charge in [-0.2, -0.15) is 0 Å². The Morgan fingerprint density at radius 1 is 1.06 bits per heavy atom. The molecule has 2 aromatic carbocycles. The topological polar surface area (TPSA) is 45.2 Å². The molecule has 0 saturated heterocycles. The maximum absolute atomic E-state index is 14.2. The van der Waals surface area contributed by atoms with Crippen LogP contribution in [-0.2, 0) is 11.8 Å². The number of nitrogens with one attached hydrogen (secondary N) is 1. The summed E-state index contributed by atoms with van der Waals surface area (Å²) in [4.78, 5) is 3.50. The molecule has 0 radical (unpaired) electrons. The summed E-state index contributed by atoms with van der Waals surface area (Å²) in [6.07, 6.45) is 8.00. The van der Waals surface area contributed by atoms with Gasteiger partial charge in [0, 0.05) is 23.2 Å². The zero-order chi connectivity index (χ0) is 22.8. The monoisotopic (exact) mass is 437 g/mol. The molecule has 4 heteroatoms. The first-order valence-corrected chi connectivity index (χ1v) is 11.9. The summed E-state index contributed by atoms with van der Waals surface area (Å²) in [5.74, 6) is 0.922. The summed E-state index contributed by atoms with van der Waals surface area (Å²) in [7, 11) is 1.62. The third kappa shape index (κ3) is 5.17. The zero-order valence-corrected chi connectivity index (χ0v) is 19.6. The van der Waals surface area contributed by atoms with Crippen LogP contribution in [0.1, 0.15) is 70.1 Å². The fourth-order valence-electron chi connectivity index (χ4n) is 5.85. The highest BCUT2D eigenvalue weighted by Crippen LogP contribution is 2.43. The quantitative estimate of drug-likeness (QED) is 0.401. The maximum Gasteiger partial charge on any atom is 0.123 e. The van der Waals surface area contributed by atoms with Crippen molar-refractivity contribution in [1.29, 1.82) is 0 Å². The van der Waals surface area contributed by atoms with Crippen molar-refractivity contribution < 1.29 is 14.2 Å². The second-order valence-electron chi connectivity index (χ2n) is 10.4. The fraction of sp³-hybridized carbons (Fsp3) is 0.500. The smallest absolute Gasteiger partial charge is 0.123 e. The Labute approximate surface area is 191 Å². The number of aliphatic hydroxyl groups is 1. The number of benzene rings is 2. The third-order valence-corrected chi connectivity index (χ3v) is 7.16. The number of fused-ring (bicyclic) bond motifs is 1. The van der Waals surface area contributed by atoms with Crippen LogP contribution in [0.4, 0.5) is 4.39 Å². The summed E-state index contributed by atoms with van der Waals surface area (Å²) in [5, 5.41) is 13.3. The predicted molar refractivity (Wildman–Crippen MR) is 129 cm³/mol. The standard InChI is InChI=1S/C28H36FNO2/c1-27(2,24-16-22(29)13-14-26(24)32-3)19-28(31,17-20-9-5-4-6-10-20)18-23-15-21-11-7-8-12-25(21)30-23/h7-8,11-16,20,30-31H,4-6,9-10,17-19H2,1-3H3. The minimum Gasteiger partial charge on any atom is -0.496 e. The Morgan fingerprint density at radius 3 is 2.53 bits per heavy atom. The van der Waals surface area contributed by atoms with Crippen LogP contribution in [0.15, 0.2) is 48.5 Å². The van der Waals surface area contributed by atoms with Crippen LogP contribution in [0.25, 0.3) is 10.9 Å². The van der Waals surface area contributed by atoms with Crippen LogP contribution in [0.2, 0.25) is 0 Å². The molecule has 0 aliphatic heterocycles. The molecule has 1 saturated carbocycles. The van der Waals surface area contributed by atoms with Gasteiger partial charge in [-0.25, -0.2) is 4.39 Å². The first kappa shape index (κ1) is 22.8. The second kappa shape index (κ2) is 9.27. The average molecular weight is 438 g/mol. The number of aromatic nitrogens is 1. The molecular formula is C28H36FNO2. The SMILES string of the molecule is COc1ccc(F)cc1C(C)(C)CC(O)(Cc1cc2ccccc2[nH]1)CC1CCCCC1. The van der Waals surface area contributed by atoms with Gasteiger partial charge in [-0.3, -0.25) is 0 Å². The van der Waals surface area contributed by atoms with E-state index in [1.54, 1.807) is 19.2 Å². The van der Waals surface area contributed by atoms with E-state index < -0.39 is 11.0 Å². The highest BCUT2D eigenvalue weighted by Gasteiger charge is 2.39. The van der Waals surface area contributed by atoms with Crippen molar-refractivity contribution in [2.45, 2.75) is 76.2 Å². The molecular weight excluding hydrogens is 401 g/mol. The van der Waals surface area contributed by atoms with E-state index in [1.165, 1.54) is 38.2 Å². The summed E-state index contributed by atoms with van der Waals surface area (Å²) in [5.41, 5.74) is 1.59. The summed E-state index contributed by atoms with van der Waals surface area (Å²) < 4.78 is 19.7. The van der Waals surface area contributed by atoms with Gasteiger partial charge in [-0.05, 0) is 59.9 Å². The summed E-state index contributed by atoms with van der Waals surface area (Å²) >= 11 is 0. The number of para-hydroxylation sites is 1. The molecule has 1 atom stereocenters. The number of aromatic amines is 1. The van der Waals surface area contributed by atoms with Crippen LogP contribution in [0.5, 0.6) is 5.75 Å². The molecule has 3 aromatic rings. The number of rotatable bonds is 8. The molecule has 4 rings (SSSR count). The van der Waals surface area contributed by atoms with Gasteiger partial charge in [-0.15, -0.1) is 0 Å². The Hall–Kier alpha value is -2.33. The molecule has 0 bridgehead atoms. The molecule has 0 spiro atoms. The van der Waals surface area contributed by atoms with E-state index in [9.17, 15) is 9.50 Å². The van der Waals surface area contributed by atoms with Crippen molar-refractivity contribution in [3.05, 3.63) is 65.6 Å². The van der Waals surface area contributed by atoms with Gasteiger partial charge in [0.15, 0.2) is 0 Å². The van der Waals surface area contributed by atoms with Crippen LogP contribution in [0, 0.1) is 11.7 Å². The molecule has 1 aliphatic carbocycles. The highest BCUT2D eigenvalue weighted by atomic mass is 19.1. The third-order valence-electron chi connectivity index (χ3n) is 7.16. The summed E-state index contributed by atoms with van der Waals surface area (Å²) in [6.45, 7) is 4.17. The minimum absolute atomic E-state index is 0.277. The molecule has 32 heavy (non-hydrogen) atoms. The Balaban J connectivity index is 1.65. The fourth-order valence-corrected chi connectivity index (χ4v) is 5.85. The maximum atomic E-state index is 14.2. The normalized spacial score (nSPS) is 17.4. The van der Waals surface area contributed by atoms with Crippen LogP contribution >= 0.6 is 0 Å². The minimum atomic E-state index is -0.899. The van der Waals surface area contributed by atoms with Crippen molar-refractivity contribution in [3.63, 3.8) is 0 Å². The Kier molecular flexibility index (Phi) is 6.62. The molecule has 1 aliphatic rings. The first-order valence-electron chi connectivity index (χ1n) is 11.9. The van der Waals surface area contributed by atoms with Gasteiger partial charge in [-0.1, -0.05) is 64.2 Å². The molecule has 2 N–H and O–H groups in total. The van der Waals surface area contributed by atoms with E-state index >= 15 is 0 Å². The van der Waals surface area contributed by atoms with E-state index in [0.717, 1.165) is 28.6 Å². The molecule has 0 amide bonds. The highest BCUT2D eigenvalue weighted by molar-refractivity contribution is 5.80. The van der Waals surface area contributed by atoms with Crippen LogP contribution in [0.3, 0.4) is 0 Å². The lowest BCUT2D eigenvalue weighted by Crippen LogP contribution is -2.41. The van der Waals surface area contributed by atoms with E-state index in [-0.39, 0.29) is 5.82 Å². The number of hydrogen-bond donors (Lipinski definition) is 2. The Morgan fingerprint density at radius 2 is 1.81 bits per heavy atom. The van der Waals surface area contributed by atoms with Gasteiger partial charge in [0.1, 0.15) is 11.6 Å². The van der Waals surface area contributed by atoms with Gasteiger partial charge < -0.3 is 14.8 Å². The van der Waals surface area contributed by atoms with Crippen molar-refractivity contribution >= 4 is 10.9 Å². The average Bonchev–Trinajstić information content (AvgIpc) is 3.15. The molecule has 1 aromatic heterocycles. The molecule has 172 valence electrons. The lowest BCUT2D eigenvalue weighted by molar-refractivity contribution is -0.0144. The molecule has 3 nitrogen and oxygen atoms in total. The molecule has 1 fully saturated rings. The van der Waals surface area contributed by atoms with E-state index in [4.69, 9.17) is 4.74 Å². The van der Waals surface area contributed by atoms with Crippen molar-refractivity contribution in [2.24, 2.45) is 5.92 Å². The van der Waals surface area contributed by atoms with E-state index in [0.29, 0.717) is 24.5 Å². The van der Waals surface area contributed by atoms with Crippen molar-refractivity contribution in [1.82, 2.24) is 4.98 Å². The van der Waals surface area contributed by atoms with Gasteiger partial charge in [0.05, 0.1) is 12.7 Å².